The standard InChI is InChI=1S/C15H17O2PS/c1-11-4-7-15(10-12(11)2)19(16,17)14-8-5-13(18-3)6-9-14/h4-10,18H,1-3H3. The highest BCUT2D eigenvalue weighted by molar-refractivity contribution is 7.91. The highest BCUT2D eigenvalue weighted by Crippen LogP contribution is 2.22. The maximum atomic E-state index is 12.5. The molecule has 0 saturated heterocycles. The molecule has 0 aromatic heterocycles. The van der Waals surface area contributed by atoms with Crippen molar-refractivity contribution in [2.75, 3.05) is 6.66 Å². The molecule has 0 aliphatic rings. The number of sulfone groups is 1. The van der Waals surface area contributed by atoms with Gasteiger partial charge in [0.05, 0.1) is 9.79 Å². The van der Waals surface area contributed by atoms with Gasteiger partial charge in [0.25, 0.3) is 0 Å². The Kier molecular flexibility index (Phi) is 4.07. The lowest BCUT2D eigenvalue weighted by molar-refractivity contribution is 0.596. The number of rotatable bonds is 3. The Morgan fingerprint density at radius 1 is 0.842 bits per heavy atom. The van der Waals surface area contributed by atoms with Crippen LogP contribution in [0, 0.1) is 13.8 Å². The van der Waals surface area contributed by atoms with E-state index < -0.39 is 9.84 Å². The molecule has 0 spiro atoms. The van der Waals surface area contributed by atoms with Crippen LogP contribution in [0.1, 0.15) is 11.1 Å². The van der Waals surface area contributed by atoms with Gasteiger partial charge in [-0.3, -0.25) is 0 Å². The second-order valence-electron chi connectivity index (χ2n) is 4.52. The minimum absolute atomic E-state index is 0.359. The monoisotopic (exact) mass is 292 g/mol. The van der Waals surface area contributed by atoms with E-state index in [4.69, 9.17) is 0 Å². The Morgan fingerprint density at radius 3 is 1.95 bits per heavy atom. The predicted molar refractivity (Wildman–Crippen MR) is 81.7 cm³/mol. The van der Waals surface area contributed by atoms with E-state index in [1.54, 1.807) is 24.3 Å². The van der Waals surface area contributed by atoms with Crippen LogP contribution in [0.15, 0.2) is 52.3 Å². The highest BCUT2D eigenvalue weighted by Gasteiger charge is 2.17. The van der Waals surface area contributed by atoms with E-state index in [0.29, 0.717) is 18.4 Å². The minimum Gasteiger partial charge on any atom is -0.219 e. The summed E-state index contributed by atoms with van der Waals surface area (Å²) in [4.78, 5) is 0.722. The summed E-state index contributed by atoms with van der Waals surface area (Å²) in [5.41, 5.74) is 2.09. The van der Waals surface area contributed by atoms with Crippen LogP contribution in [0.25, 0.3) is 0 Å². The van der Waals surface area contributed by atoms with Gasteiger partial charge < -0.3 is 0 Å². The van der Waals surface area contributed by atoms with E-state index in [9.17, 15) is 8.42 Å². The summed E-state index contributed by atoms with van der Waals surface area (Å²) in [6.07, 6.45) is 0. The summed E-state index contributed by atoms with van der Waals surface area (Å²) in [6, 6.07) is 12.4. The molecular weight excluding hydrogens is 275 g/mol. The molecule has 2 nitrogen and oxygen atoms in total. The van der Waals surface area contributed by atoms with E-state index in [0.717, 1.165) is 11.1 Å². The van der Waals surface area contributed by atoms with Gasteiger partial charge in [0.1, 0.15) is 0 Å². The molecule has 1 unspecified atom stereocenters. The van der Waals surface area contributed by atoms with E-state index in [-0.39, 0.29) is 0 Å². The summed E-state index contributed by atoms with van der Waals surface area (Å²) >= 11 is 0. The van der Waals surface area contributed by atoms with Gasteiger partial charge in [-0.15, -0.1) is 0 Å². The van der Waals surface area contributed by atoms with Crippen molar-refractivity contribution in [1.29, 1.82) is 0 Å². The molecule has 4 heteroatoms. The average molecular weight is 292 g/mol. The molecule has 0 amide bonds. The third-order valence-corrected chi connectivity index (χ3v) is 5.92. The first-order valence-electron chi connectivity index (χ1n) is 6.05. The number of hydrogen-bond acceptors (Lipinski definition) is 2. The lowest BCUT2D eigenvalue weighted by Gasteiger charge is -2.08. The fourth-order valence-electron chi connectivity index (χ4n) is 1.82. The summed E-state index contributed by atoms with van der Waals surface area (Å²) in [5, 5.41) is 1.17. The molecule has 0 N–H and O–H groups in total. The lowest BCUT2D eigenvalue weighted by Crippen LogP contribution is -2.04. The van der Waals surface area contributed by atoms with E-state index in [1.807, 2.05) is 32.0 Å². The first kappa shape index (κ1) is 14.2. The fraction of sp³-hybridized carbons (Fsp3) is 0.200. The molecule has 0 aliphatic heterocycles. The molecule has 0 saturated carbocycles. The number of benzene rings is 2. The average Bonchev–Trinajstić information content (AvgIpc) is 2.41. The van der Waals surface area contributed by atoms with Crippen molar-refractivity contribution in [2.45, 2.75) is 23.6 Å². The molecule has 0 heterocycles. The SMILES string of the molecule is CPc1ccc(S(=O)(=O)c2ccc(C)c(C)c2)cc1. The highest BCUT2D eigenvalue weighted by atomic mass is 32.2. The van der Waals surface area contributed by atoms with Crippen LogP contribution in [0.4, 0.5) is 0 Å². The van der Waals surface area contributed by atoms with Crippen LogP contribution in [-0.2, 0) is 9.84 Å². The van der Waals surface area contributed by atoms with Crippen LogP contribution in [0.2, 0.25) is 0 Å². The zero-order valence-corrected chi connectivity index (χ0v) is 13.1. The summed E-state index contributed by atoms with van der Waals surface area (Å²) in [6.45, 7) is 5.98. The molecule has 0 radical (unpaired) electrons. The lowest BCUT2D eigenvalue weighted by atomic mass is 10.1. The first-order valence-corrected chi connectivity index (χ1v) is 9.03. The molecule has 19 heavy (non-hydrogen) atoms. The molecule has 2 aromatic carbocycles. The fourth-order valence-corrected chi connectivity index (χ4v) is 3.66. The Balaban J connectivity index is 2.48. The zero-order chi connectivity index (χ0) is 14.0. The van der Waals surface area contributed by atoms with Crippen molar-refractivity contribution < 1.29 is 8.42 Å². The van der Waals surface area contributed by atoms with E-state index in [2.05, 4.69) is 6.66 Å². The molecule has 0 bridgehead atoms. The molecule has 0 aliphatic carbocycles. The van der Waals surface area contributed by atoms with Crippen molar-refractivity contribution >= 4 is 23.7 Å². The van der Waals surface area contributed by atoms with Gasteiger partial charge in [-0.25, -0.2) is 8.42 Å². The Morgan fingerprint density at radius 2 is 1.42 bits per heavy atom. The van der Waals surface area contributed by atoms with Crippen molar-refractivity contribution in [2.24, 2.45) is 0 Å². The number of aryl methyl sites for hydroxylation is 2. The van der Waals surface area contributed by atoms with Crippen LogP contribution in [0.5, 0.6) is 0 Å². The Bertz CT molecular complexity index is 689. The van der Waals surface area contributed by atoms with Gasteiger partial charge >= 0.3 is 0 Å². The topological polar surface area (TPSA) is 34.1 Å². The summed E-state index contributed by atoms with van der Waals surface area (Å²) in [5.74, 6) is 0. The maximum Gasteiger partial charge on any atom is 0.206 e. The van der Waals surface area contributed by atoms with Gasteiger partial charge in [-0.1, -0.05) is 26.8 Å². The van der Waals surface area contributed by atoms with Gasteiger partial charge in [0.2, 0.25) is 9.84 Å². The smallest absolute Gasteiger partial charge is 0.206 e. The largest absolute Gasteiger partial charge is 0.219 e. The van der Waals surface area contributed by atoms with Crippen molar-refractivity contribution in [3.8, 4) is 0 Å². The Labute approximate surface area is 116 Å². The van der Waals surface area contributed by atoms with Crippen molar-refractivity contribution in [3.05, 3.63) is 53.6 Å². The second-order valence-corrected chi connectivity index (χ2v) is 7.55. The summed E-state index contributed by atoms with van der Waals surface area (Å²) < 4.78 is 25.0. The van der Waals surface area contributed by atoms with Crippen LogP contribution in [-0.4, -0.2) is 15.1 Å². The molecule has 2 aromatic rings. The molecule has 0 fully saturated rings. The predicted octanol–water partition coefficient (Wildman–Crippen LogP) is 3.07. The van der Waals surface area contributed by atoms with E-state index in [1.165, 1.54) is 5.30 Å². The van der Waals surface area contributed by atoms with Gasteiger partial charge in [0.15, 0.2) is 0 Å². The molecule has 2 rings (SSSR count). The van der Waals surface area contributed by atoms with Crippen molar-refractivity contribution in [3.63, 3.8) is 0 Å². The normalized spacial score (nSPS) is 12.2. The van der Waals surface area contributed by atoms with Crippen LogP contribution in [0.3, 0.4) is 0 Å². The molecular formula is C15H17O2PS. The third-order valence-electron chi connectivity index (χ3n) is 3.24. The van der Waals surface area contributed by atoms with E-state index >= 15 is 0 Å². The zero-order valence-electron chi connectivity index (χ0n) is 11.3. The maximum absolute atomic E-state index is 12.5. The van der Waals surface area contributed by atoms with Crippen molar-refractivity contribution in [1.82, 2.24) is 0 Å². The Hall–Kier alpha value is -1.18. The number of hydrogen-bond donors (Lipinski definition) is 0. The summed E-state index contributed by atoms with van der Waals surface area (Å²) in [7, 11) is -2.72. The third kappa shape index (κ3) is 2.88. The second kappa shape index (κ2) is 5.44. The van der Waals surface area contributed by atoms with Gasteiger partial charge in [-0.2, -0.15) is 0 Å². The quantitative estimate of drug-likeness (QED) is 0.815. The molecule has 100 valence electrons. The molecule has 1 atom stereocenters. The van der Waals surface area contributed by atoms with Gasteiger partial charge in [-0.05, 0) is 61.2 Å². The van der Waals surface area contributed by atoms with Crippen LogP contribution >= 0.6 is 8.58 Å². The van der Waals surface area contributed by atoms with Crippen LogP contribution < -0.4 is 5.30 Å². The minimum atomic E-state index is -3.40. The van der Waals surface area contributed by atoms with Gasteiger partial charge in [0, 0.05) is 0 Å². The first-order chi connectivity index (χ1) is 8.95.